The minimum absolute atomic E-state index is 0.460. The van der Waals surface area contributed by atoms with E-state index in [1.807, 2.05) is 18.2 Å². The Labute approximate surface area is 242 Å². The maximum absolute atomic E-state index is 9.95. The number of nitriles is 1. The second kappa shape index (κ2) is 9.24. The number of hydrogen-bond acceptors (Lipinski definition) is 1. The summed E-state index contributed by atoms with van der Waals surface area (Å²) in [6.07, 6.45) is 0. The van der Waals surface area contributed by atoms with Crippen LogP contribution in [-0.2, 0) is 0 Å². The van der Waals surface area contributed by atoms with Crippen LogP contribution in [0.15, 0.2) is 133 Å². The predicted molar refractivity (Wildman–Crippen MR) is 172 cm³/mol. The van der Waals surface area contributed by atoms with E-state index in [4.69, 9.17) is 6.57 Å². The third-order valence-electron chi connectivity index (χ3n) is 8.16. The standard InChI is InChI=1S/C38H22N4/c1-40-28-17-20-34(27(21-28)24-39)42-36-14-8-6-12-31(36)33-22-25(16-19-37(33)42)26-15-18-32-30-11-5-7-13-35(30)41(38(32)23-26)29-9-3-2-4-10-29/h2-23H. The van der Waals surface area contributed by atoms with Gasteiger partial charge in [0.25, 0.3) is 0 Å². The van der Waals surface area contributed by atoms with Crippen molar-refractivity contribution in [2.24, 2.45) is 0 Å². The summed E-state index contributed by atoms with van der Waals surface area (Å²) in [7, 11) is 0. The Hall–Kier alpha value is -6.10. The van der Waals surface area contributed by atoms with E-state index < -0.39 is 0 Å². The molecule has 0 aliphatic carbocycles. The number of hydrogen-bond donors (Lipinski definition) is 0. The Balaban J connectivity index is 1.37. The van der Waals surface area contributed by atoms with Crippen LogP contribution in [0, 0.1) is 17.9 Å². The topological polar surface area (TPSA) is 38.0 Å². The molecule has 0 unspecified atom stereocenters. The quantitative estimate of drug-likeness (QED) is 0.208. The van der Waals surface area contributed by atoms with Crippen molar-refractivity contribution in [3.05, 3.63) is 150 Å². The summed E-state index contributed by atoms with van der Waals surface area (Å²) >= 11 is 0. The molecule has 4 heteroatoms. The van der Waals surface area contributed by atoms with Gasteiger partial charge in [0.2, 0.25) is 0 Å². The van der Waals surface area contributed by atoms with Crippen molar-refractivity contribution < 1.29 is 0 Å². The minimum atomic E-state index is 0.460. The molecule has 0 radical (unpaired) electrons. The largest absolute Gasteiger partial charge is 0.309 e. The molecule has 0 saturated carbocycles. The Morgan fingerprint density at radius 2 is 1.14 bits per heavy atom. The van der Waals surface area contributed by atoms with Crippen LogP contribution in [0.4, 0.5) is 5.69 Å². The van der Waals surface area contributed by atoms with Gasteiger partial charge in [0, 0.05) is 27.2 Å². The van der Waals surface area contributed by atoms with E-state index >= 15 is 0 Å². The van der Waals surface area contributed by atoms with Crippen LogP contribution in [0.1, 0.15) is 5.56 Å². The third-order valence-corrected chi connectivity index (χ3v) is 8.16. The summed E-state index contributed by atoms with van der Waals surface area (Å²) in [6, 6.07) is 48.3. The SMILES string of the molecule is [C-]#[N+]c1ccc(-n2c3ccccc3c3cc(-c4ccc5c6ccccc6n(-c6ccccc6)c5c4)ccc32)c(C#N)c1. The van der Waals surface area contributed by atoms with E-state index in [9.17, 15) is 5.26 Å². The molecular weight excluding hydrogens is 512 g/mol. The Morgan fingerprint density at radius 3 is 1.90 bits per heavy atom. The summed E-state index contributed by atoms with van der Waals surface area (Å²) in [6.45, 7) is 7.38. The molecule has 6 aromatic carbocycles. The summed E-state index contributed by atoms with van der Waals surface area (Å²) in [4.78, 5) is 3.52. The first kappa shape index (κ1) is 23.8. The van der Waals surface area contributed by atoms with Crippen LogP contribution in [-0.4, -0.2) is 9.13 Å². The maximum Gasteiger partial charge on any atom is 0.188 e. The van der Waals surface area contributed by atoms with E-state index in [-0.39, 0.29) is 0 Å². The van der Waals surface area contributed by atoms with Crippen LogP contribution in [0.25, 0.3) is 71.0 Å². The highest BCUT2D eigenvalue weighted by molar-refractivity contribution is 6.12. The monoisotopic (exact) mass is 534 g/mol. The van der Waals surface area contributed by atoms with Crippen molar-refractivity contribution >= 4 is 49.3 Å². The molecule has 4 nitrogen and oxygen atoms in total. The van der Waals surface area contributed by atoms with Crippen molar-refractivity contribution in [3.8, 4) is 28.6 Å². The van der Waals surface area contributed by atoms with Gasteiger partial charge in [-0.05, 0) is 65.7 Å². The summed E-state index contributed by atoms with van der Waals surface area (Å²) in [5, 5.41) is 14.6. The number of nitrogens with zero attached hydrogens (tertiary/aromatic N) is 4. The molecule has 8 aromatic rings. The van der Waals surface area contributed by atoms with Crippen molar-refractivity contribution in [3.63, 3.8) is 0 Å². The van der Waals surface area contributed by atoms with Gasteiger partial charge in [0.15, 0.2) is 5.69 Å². The van der Waals surface area contributed by atoms with Crippen molar-refractivity contribution in [2.75, 3.05) is 0 Å². The number of benzene rings is 6. The smallest absolute Gasteiger partial charge is 0.188 e. The molecule has 194 valence electrons. The van der Waals surface area contributed by atoms with Gasteiger partial charge >= 0.3 is 0 Å². The summed E-state index contributed by atoms with van der Waals surface area (Å²) < 4.78 is 4.48. The highest BCUT2D eigenvalue weighted by Crippen LogP contribution is 2.38. The van der Waals surface area contributed by atoms with Crippen LogP contribution in [0.3, 0.4) is 0 Å². The zero-order valence-electron chi connectivity index (χ0n) is 22.5. The van der Waals surface area contributed by atoms with Crippen molar-refractivity contribution in [1.29, 1.82) is 5.26 Å². The van der Waals surface area contributed by atoms with Gasteiger partial charge in [0.05, 0.1) is 46.0 Å². The molecule has 0 amide bonds. The lowest BCUT2D eigenvalue weighted by molar-refractivity contribution is 1.17. The fourth-order valence-electron chi connectivity index (χ4n) is 6.30. The average molecular weight is 535 g/mol. The normalized spacial score (nSPS) is 11.3. The molecular formula is C38H22N4. The molecule has 0 saturated heterocycles. The lowest BCUT2D eigenvalue weighted by Gasteiger charge is -2.11. The number of para-hydroxylation sites is 3. The lowest BCUT2D eigenvalue weighted by Crippen LogP contribution is -1.97. The average Bonchev–Trinajstić information content (AvgIpc) is 3.57. The molecule has 0 atom stereocenters. The number of fused-ring (bicyclic) bond motifs is 6. The van der Waals surface area contributed by atoms with Gasteiger partial charge < -0.3 is 9.13 Å². The van der Waals surface area contributed by atoms with Gasteiger partial charge in [-0.1, -0.05) is 78.9 Å². The lowest BCUT2D eigenvalue weighted by atomic mass is 10.0. The minimum Gasteiger partial charge on any atom is -0.309 e. The second-order valence-corrected chi connectivity index (χ2v) is 10.4. The maximum atomic E-state index is 9.95. The first-order chi connectivity index (χ1) is 20.7. The number of rotatable bonds is 3. The van der Waals surface area contributed by atoms with Gasteiger partial charge in [-0.3, -0.25) is 0 Å². The van der Waals surface area contributed by atoms with Crippen molar-refractivity contribution in [2.45, 2.75) is 0 Å². The zero-order chi connectivity index (χ0) is 28.2. The summed E-state index contributed by atoms with van der Waals surface area (Å²) in [5.41, 5.74) is 9.52. The first-order valence-corrected chi connectivity index (χ1v) is 13.8. The van der Waals surface area contributed by atoms with Crippen LogP contribution >= 0.6 is 0 Å². The van der Waals surface area contributed by atoms with E-state index in [2.05, 4.69) is 123 Å². The highest BCUT2D eigenvalue weighted by atomic mass is 15.0. The van der Waals surface area contributed by atoms with E-state index in [0.29, 0.717) is 11.3 Å². The molecule has 2 aromatic heterocycles. The molecule has 0 bridgehead atoms. The van der Waals surface area contributed by atoms with E-state index in [1.54, 1.807) is 12.1 Å². The van der Waals surface area contributed by atoms with E-state index in [0.717, 1.165) is 44.3 Å². The zero-order valence-corrected chi connectivity index (χ0v) is 22.5. The van der Waals surface area contributed by atoms with Crippen LogP contribution < -0.4 is 0 Å². The highest BCUT2D eigenvalue weighted by Gasteiger charge is 2.17. The fraction of sp³-hybridized carbons (Fsp3) is 0. The Morgan fingerprint density at radius 1 is 0.524 bits per heavy atom. The van der Waals surface area contributed by atoms with Gasteiger partial charge in [0.1, 0.15) is 0 Å². The first-order valence-electron chi connectivity index (χ1n) is 13.8. The third kappa shape index (κ3) is 3.47. The Bertz CT molecular complexity index is 2430. The van der Waals surface area contributed by atoms with Gasteiger partial charge in [-0.2, -0.15) is 5.26 Å². The van der Waals surface area contributed by atoms with Crippen molar-refractivity contribution in [1.82, 2.24) is 9.13 Å². The van der Waals surface area contributed by atoms with E-state index in [1.165, 1.54) is 21.8 Å². The molecule has 0 aliphatic rings. The fourth-order valence-corrected chi connectivity index (χ4v) is 6.30. The van der Waals surface area contributed by atoms with Crippen LogP contribution in [0.2, 0.25) is 0 Å². The molecule has 0 fully saturated rings. The molecule has 0 aliphatic heterocycles. The predicted octanol–water partition coefficient (Wildman–Crippen LogP) is 9.97. The second-order valence-electron chi connectivity index (χ2n) is 10.4. The molecule has 42 heavy (non-hydrogen) atoms. The summed E-state index contributed by atoms with van der Waals surface area (Å²) in [5.74, 6) is 0. The molecule has 0 spiro atoms. The van der Waals surface area contributed by atoms with Gasteiger partial charge in [-0.25, -0.2) is 4.85 Å². The van der Waals surface area contributed by atoms with Crippen LogP contribution in [0.5, 0.6) is 0 Å². The molecule has 2 heterocycles. The van der Waals surface area contributed by atoms with Gasteiger partial charge in [-0.15, -0.1) is 0 Å². The Kier molecular flexibility index (Phi) is 5.22. The number of aromatic nitrogens is 2. The molecule has 0 N–H and O–H groups in total. The molecule has 8 rings (SSSR count).